The highest BCUT2D eigenvalue weighted by Gasteiger charge is 2.20. The van der Waals surface area contributed by atoms with E-state index in [-0.39, 0.29) is 0 Å². The molecule has 1 N–H and O–H groups in total. The molecule has 0 amide bonds. The minimum atomic E-state index is 0.465. The summed E-state index contributed by atoms with van der Waals surface area (Å²) in [5.74, 6) is 0.807. The average molecular weight is 236 g/mol. The van der Waals surface area contributed by atoms with Crippen LogP contribution in [0, 0.1) is 5.92 Å². The Kier molecular flexibility index (Phi) is 4.18. The maximum absolute atomic E-state index is 4.66. The molecule has 1 aliphatic rings. The molecule has 2 heterocycles. The van der Waals surface area contributed by atoms with E-state index in [0.29, 0.717) is 6.04 Å². The third-order valence-corrected chi connectivity index (χ3v) is 3.46. The van der Waals surface area contributed by atoms with Crippen molar-refractivity contribution in [2.45, 2.75) is 32.4 Å². The summed E-state index contributed by atoms with van der Waals surface area (Å²) < 4.78 is 2.05. The zero-order chi connectivity index (χ0) is 12.3. The smallest absolute Gasteiger partial charge is 0.0793 e. The van der Waals surface area contributed by atoms with Gasteiger partial charge in [0.1, 0.15) is 0 Å². The van der Waals surface area contributed by atoms with Gasteiger partial charge in [0, 0.05) is 12.7 Å². The Morgan fingerprint density at radius 3 is 2.94 bits per heavy atom. The predicted molar refractivity (Wildman–Crippen MR) is 69.9 cm³/mol. The number of nitrogens with one attached hydrogen (secondary N) is 1. The number of hydrogen-bond acceptors (Lipinski definition) is 3. The Bertz CT molecular complexity index is 337. The van der Waals surface area contributed by atoms with E-state index in [9.17, 15) is 0 Å². The van der Waals surface area contributed by atoms with Gasteiger partial charge in [-0.25, -0.2) is 0 Å². The SMILES string of the molecule is CC1CCC(c2ccn(CCN(C)C)n2)NC1. The van der Waals surface area contributed by atoms with E-state index in [1.165, 1.54) is 18.5 Å². The molecule has 2 atom stereocenters. The Hall–Kier alpha value is -0.870. The fourth-order valence-corrected chi connectivity index (χ4v) is 2.24. The summed E-state index contributed by atoms with van der Waals surface area (Å²) in [6, 6.07) is 2.62. The van der Waals surface area contributed by atoms with Crippen molar-refractivity contribution in [2.24, 2.45) is 5.92 Å². The van der Waals surface area contributed by atoms with Crippen molar-refractivity contribution < 1.29 is 0 Å². The third-order valence-electron chi connectivity index (χ3n) is 3.46. The van der Waals surface area contributed by atoms with E-state index in [1.807, 2.05) is 0 Å². The van der Waals surface area contributed by atoms with Gasteiger partial charge in [0.05, 0.1) is 18.3 Å². The molecule has 1 saturated heterocycles. The molecule has 4 nitrogen and oxygen atoms in total. The topological polar surface area (TPSA) is 33.1 Å². The summed E-state index contributed by atoms with van der Waals surface area (Å²) >= 11 is 0. The number of nitrogens with zero attached hydrogens (tertiary/aromatic N) is 3. The number of hydrogen-bond donors (Lipinski definition) is 1. The van der Waals surface area contributed by atoms with Crippen molar-refractivity contribution in [2.75, 3.05) is 27.2 Å². The first-order valence-corrected chi connectivity index (χ1v) is 6.56. The maximum atomic E-state index is 4.66. The lowest BCUT2D eigenvalue weighted by Gasteiger charge is -2.26. The van der Waals surface area contributed by atoms with Crippen molar-refractivity contribution in [3.05, 3.63) is 18.0 Å². The lowest BCUT2D eigenvalue weighted by molar-refractivity contribution is 0.324. The molecule has 1 fully saturated rings. The first-order chi connectivity index (χ1) is 8.15. The van der Waals surface area contributed by atoms with E-state index in [2.05, 4.69) is 53.3 Å². The molecule has 1 aliphatic heterocycles. The van der Waals surface area contributed by atoms with Crippen LogP contribution in [0.1, 0.15) is 31.5 Å². The van der Waals surface area contributed by atoms with Gasteiger partial charge in [0.2, 0.25) is 0 Å². The van der Waals surface area contributed by atoms with Gasteiger partial charge in [0.25, 0.3) is 0 Å². The fourth-order valence-electron chi connectivity index (χ4n) is 2.24. The highest BCUT2D eigenvalue weighted by Crippen LogP contribution is 2.24. The molecule has 1 aromatic rings. The van der Waals surface area contributed by atoms with Crippen molar-refractivity contribution >= 4 is 0 Å². The first-order valence-electron chi connectivity index (χ1n) is 6.56. The second kappa shape index (κ2) is 5.65. The molecule has 2 rings (SSSR count). The highest BCUT2D eigenvalue weighted by molar-refractivity contribution is 5.06. The zero-order valence-corrected chi connectivity index (χ0v) is 11.2. The van der Waals surface area contributed by atoms with Gasteiger partial charge < -0.3 is 10.2 Å². The van der Waals surface area contributed by atoms with Gasteiger partial charge in [-0.2, -0.15) is 5.10 Å². The van der Waals surface area contributed by atoms with Crippen molar-refractivity contribution in [1.29, 1.82) is 0 Å². The fraction of sp³-hybridized carbons (Fsp3) is 0.769. The van der Waals surface area contributed by atoms with Crippen LogP contribution in [-0.4, -0.2) is 41.9 Å². The van der Waals surface area contributed by atoms with Gasteiger partial charge in [-0.15, -0.1) is 0 Å². The van der Waals surface area contributed by atoms with Gasteiger partial charge in [-0.1, -0.05) is 6.92 Å². The van der Waals surface area contributed by atoms with Crippen LogP contribution in [0.25, 0.3) is 0 Å². The van der Waals surface area contributed by atoms with E-state index in [4.69, 9.17) is 0 Å². The van der Waals surface area contributed by atoms with Crippen LogP contribution in [0.2, 0.25) is 0 Å². The van der Waals surface area contributed by atoms with Crippen LogP contribution < -0.4 is 5.32 Å². The van der Waals surface area contributed by atoms with Gasteiger partial charge in [-0.05, 0) is 45.5 Å². The number of rotatable bonds is 4. The molecule has 0 radical (unpaired) electrons. The summed E-state index contributed by atoms with van der Waals surface area (Å²) in [4.78, 5) is 2.18. The second-order valence-corrected chi connectivity index (χ2v) is 5.45. The lowest BCUT2D eigenvalue weighted by atomic mass is 9.95. The maximum Gasteiger partial charge on any atom is 0.0793 e. The predicted octanol–water partition coefficient (Wildman–Crippen LogP) is 1.51. The normalized spacial score (nSPS) is 25.4. The first kappa shape index (κ1) is 12.6. The van der Waals surface area contributed by atoms with Gasteiger partial charge in [-0.3, -0.25) is 4.68 Å². The molecule has 2 unspecified atom stereocenters. The van der Waals surface area contributed by atoms with Gasteiger partial charge >= 0.3 is 0 Å². The summed E-state index contributed by atoms with van der Waals surface area (Å²) in [6.07, 6.45) is 4.62. The second-order valence-electron chi connectivity index (χ2n) is 5.45. The number of aromatic nitrogens is 2. The number of likely N-dealkylation sites (N-methyl/N-ethyl adjacent to an activating group) is 1. The molecule has 0 aromatic carbocycles. The molecule has 96 valence electrons. The van der Waals surface area contributed by atoms with E-state index in [1.54, 1.807) is 0 Å². The standard InChI is InChI=1S/C13H24N4/c1-11-4-5-12(14-10-11)13-6-7-17(15-13)9-8-16(2)3/h6-7,11-12,14H,4-5,8-10H2,1-3H3. The van der Waals surface area contributed by atoms with Crippen LogP contribution in [0.4, 0.5) is 0 Å². The summed E-state index contributed by atoms with van der Waals surface area (Å²) in [5, 5.41) is 8.24. The Morgan fingerprint density at radius 2 is 2.29 bits per heavy atom. The molecule has 1 aromatic heterocycles. The van der Waals surface area contributed by atoms with Crippen molar-refractivity contribution in [1.82, 2.24) is 20.0 Å². The Morgan fingerprint density at radius 1 is 1.47 bits per heavy atom. The molecule has 4 heteroatoms. The zero-order valence-electron chi connectivity index (χ0n) is 11.2. The Balaban J connectivity index is 1.89. The highest BCUT2D eigenvalue weighted by atomic mass is 15.3. The third kappa shape index (κ3) is 3.54. The largest absolute Gasteiger partial charge is 0.308 e. The van der Waals surface area contributed by atoms with Crippen LogP contribution >= 0.6 is 0 Å². The summed E-state index contributed by atoms with van der Waals surface area (Å²) in [5.41, 5.74) is 1.20. The van der Waals surface area contributed by atoms with E-state index < -0.39 is 0 Å². The van der Waals surface area contributed by atoms with Crippen molar-refractivity contribution in [3.8, 4) is 0 Å². The number of piperidine rings is 1. The van der Waals surface area contributed by atoms with E-state index >= 15 is 0 Å². The van der Waals surface area contributed by atoms with Crippen LogP contribution in [0.3, 0.4) is 0 Å². The summed E-state index contributed by atoms with van der Waals surface area (Å²) in [6.45, 7) is 5.43. The molecule has 0 bridgehead atoms. The van der Waals surface area contributed by atoms with Crippen LogP contribution in [0.5, 0.6) is 0 Å². The Labute approximate surface area is 104 Å². The minimum absolute atomic E-state index is 0.465. The van der Waals surface area contributed by atoms with E-state index in [0.717, 1.165) is 25.6 Å². The van der Waals surface area contributed by atoms with Crippen LogP contribution in [-0.2, 0) is 6.54 Å². The average Bonchev–Trinajstić information content (AvgIpc) is 2.76. The monoisotopic (exact) mass is 236 g/mol. The molecule has 0 aliphatic carbocycles. The quantitative estimate of drug-likeness (QED) is 0.860. The van der Waals surface area contributed by atoms with Gasteiger partial charge in [0.15, 0.2) is 0 Å². The van der Waals surface area contributed by atoms with Crippen molar-refractivity contribution in [3.63, 3.8) is 0 Å². The molecular formula is C13H24N4. The minimum Gasteiger partial charge on any atom is -0.308 e. The summed E-state index contributed by atoms with van der Waals surface area (Å²) in [7, 11) is 4.18. The molecule has 0 saturated carbocycles. The lowest BCUT2D eigenvalue weighted by Crippen LogP contribution is -2.32. The van der Waals surface area contributed by atoms with Crippen LogP contribution in [0.15, 0.2) is 12.3 Å². The molecule has 17 heavy (non-hydrogen) atoms. The molecule has 0 spiro atoms. The molecular weight excluding hydrogens is 212 g/mol.